The highest BCUT2D eigenvalue weighted by atomic mass is 15.2. The summed E-state index contributed by atoms with van der Waals surface area (Å²) in [5, 5.41) is 3.45. The van der Waals surface area contributed by atoms with Crippen molar-refractivity contribution >= 4 is 0 Å². The molecule has 0 aromatic carbocycles. The molecule has 0 amide bonds. The van der Waals surface area contributed by atoms with Gasteiger partial charge in [0, 0.05) is 25.6 Å². The molecule has 1 rings (SSSR count). The highest BCUT2D eigenvalue weighted by Gasteiger charge is 2.16. The minimum absolute atomic E-state index is 0.687. The summed E-state index contributed by atoms with van der Waals surface area (Å²) in [5.74, 6) is 5.98. The van der Waals surface area contributed by atoms with Gasteiger partial charge in [-0.2, -0.15) is 0 Å². The maximum absolute atomic E-state index is 3.45. The molecule has 1 heterocycles. The van der Waals surface area contributed by atoms with E-state index in [1.165, 1.54) is 25.9 Å². The number of rotatable bonds is 5. The Hall–Kier alpha value is -0.520. The summed E-state index contributed by atoms with van der Waals surface area (Å²) >= 11 is 0. The molecule has 1 fully saturated rings. The molecule has 0 spiro atoms. The predicted molar refractivity (Wildman–Crippen MR) is 61.2 cm³/mol. The monoisotopic (exact) mass is 194 g/mol. The normalized spacial score (nSPS) is 19.0. The van der Waals surface area contributed by atoms with Gasteiger partial charge in [0.1, 0.15) is 0 Å². The minimum atomic E-state index is 0.687. The second-order valence-corrected chi connectivity index (χ2v) is 3.97. The van der Waals surface area contributed by atoms with Gasteiger partial charge in [-0.1, -0.05) is 0 Å². The Balaban J connectivity index is 2.01. The number of nitrogens with one attached hydrogen (secondary N) is 1. The minimum Gasteiger partial charge on any atom is -0.314 e. The lowest BCUT2D eigenvalue weighted by Crippen LogP contribution is -2.38. The topological polar surface area (TPSA) is 15.3 Å². The first kappa shape index (κ1) is 11.6. The van der Waals surface area contributed by atoms with Crippen LogP contribution < -0.4 is 5.32 Å². The quantitative estimate of drug-likeness (QED) is 0.527. The molecule has 1 atom stereocenters. The highest BCUT2D eigenvalue weighted by Crippen LogP contribution is 2.10. The average molecular weight is 194 g/mol. The SMILES string of the molecule is CC#CCCNCC(C)N1CCCC1. The van der Waals surface area contributed by atoms with Crippen molar-refractivity contribution in [2.75, 3.05) is 26.2 Å². The molecule has 1 aliphatic rings. The maximum atomic E-state index is 3.45. The fraction of sp³-hybridized carbons (Fsp3) is 0.833. The summed E-state index contributed by atoms with van der Waals surface area (Å²) in [6.45, 7) is 8.91. The fourth-order valence-electron chi connectivity index (χ4n) is 1.90. The summed E-state index contributed by atoms with van der Waals surface area (Å²) in [6.07, 6.45) is 3.74. The van der Waals surface area contributed by atoms with Gasteiger partial charge in [0.15, 0.2) is 0 Å². The van der Waals surface area contributed by atoms with E-state index in [0.29, 0.717) is 6.04 Å². The van der Waals surface area contributed by atoms with Crippen LogP contribution in [0.15, 0.2) is 0 Å². The lowest BCUT2D eigenvalue weighted by Gasteiger charge is -2.23. The van der Waals surface area contributed by atoms with Crippen molar-refractivity contribution in [1.82, 2.24) is 10.2 Å². The van der Waals surface area contributed by atoms with Crippen molar-refractivity contribution in [1.29, 1.82) is 0 Å². The first-order chi connectivity index (χ1) is 6.84. The summed E-state index contributed by atoms with van der Waals surface area (Å²) in [5.41, 5.74) is 0. The van der Waals surface area contributed by atoms with Crippen LogP contribution >= 0.6 is 0 Å². The highest BCUT2D eigenvalue weighted by molar-refractivity contribution is 4.95. The van der Waals surface area contributed by atoms with Crippen LogP contribution in [-0.2, 0) is 0 Å². The number of hydrogen-bond donors (Lipinski definition) is 1. The van der Waals surface area contributed by atoms with Gasteiger partial charge in [0.2, 0.25) is 0 Å². The van der Waals surface area contributed by atoms with E-state index in [1.54, 1.807) is 0 Å². The molecular weight excluding hydrogens is 172 g/mol. The zero-order valence-corrected chi connectivity index (χ0v) is 9.47. The third-order valence-electron chi connectivity index (χ3n) is 2.81. The molecule has 80 valence electrons. The van der Waals surface area contributed by atoms with E-state index in [4.69, 9.17) is 0 Å². The van der Waals surface area contributed by atoms with Crippen molar-refractivity contribution in [2.24, 2.45) is 0 Å². The second-order valence-electron chi connectivity index (χ2n) is 3.97. The Morgan fingerprint density at radius 3 is 2.71 bits per heavy atom. The maximum Gasteiger partial charge on any atom is 0.0214 e. The number of likely N-dealkylation sites (tertiary alicyclic amines) is 1. The van der Waals surface area contributed by atoms with Crippen molar-refractivity contribution in [3.8, 4) is 11.8 Å². The predicted octanol–water partition coefficient (Wildman–Crippen LogP) is 1.47. The van der Waals surface area contributed by atoms with E-state index >= 15 is 0 Å². The van der Waals surface area contributed by atoms with E-state index < -0.39 is 0 Å². The van der Waals surface area contributed by atoms with Crippen molar-refractivity contribution in [3.05, 3.63) is 0 Å². The first-order valence-corrected chi connectivity index (χ1v) is 5.69. The molecular formula is C12H22N2. The Labute approximate surface area is 88.1 Å². The third kappa shape index (κ3) is 4.13. The van der Waals surface area contributed by atoms with E-state index in [2.05, 4.69) is 29.0 Å². The third-order valence-corrected chi connectivity index (χ3v) is 2.81. The summed E-state index contributed by atoms with van der Waals surface area (Å²) in [7, 11) is 0. The Morgan fingerprint density at radius 1 is 1.36 bits per heavy atom. The van der Waals surface area contributed by atoms with Crippen molar-refractivity contribution in [3.63, 3.8) is 0 Å². The standard InChI is InChI=1S/C12H22N2/c1-3-4-5-8-13-11-12(2)14-9-6-7-10-14/h12-13H,5-11H2,1-2H3. The van der Waals surface area contributed by atoms with Crippen LogP contribution in [-0.4, -0.2) is 37.1 Å². The second kappa shape index (κ2) is 6.86. The van der Waals surface area contributed by atoms with Gasteiger partial charge in [0.25, 0.3) is 0 Å². The first-order valence-electron chi connectivity index (χ1n) is 5.69. The summed E-state index contributed by atoms with van der Waals surface area (Å²) in [6, 6.07) is 0.687. The Morgan fingerprint density at radius 2 is 2.07 bits per heavy atom. The molecule has 14 heavy (non-hydrogen) atoms. The molecule has 0 aliphatic carbocycles. The molecule has 1 unspecified atom stereocenters. The number of hydrogen-bond acceptors (Lipinski definition) is 2. The van der Waals surface area contributed by atoms with Gasteiger partial charge in [-0.3, -0.25) is 4.90 Å². The van der Waals surface area contributed by atoms with Crippen LogP contribution in [0.4, 0.5) is 0 Å². The average Bonchev–Trinajstić information content (AvgIpc) is 2.70. The van der Waals surface area contributed by atoms with Crippen molar-refractivity contribution < 1.29 is 0 Å². The molecule has 2 nitrogen and oxygen atoms in total. The van der Waals surface area contributed by atoms with Gasteiger partial charge in [-0.05, 0) is 39.8 Å². The van der Waals surface area contributed by atoms with Crippen LogP contribution in [0.25, 0.3) is 0 Å². The van der Waals surface area contributed by atoms with E-state index in [0.717, 1.165) is 19.5 Å². The molecule has 0 aromatic rings. The molecule has 2 heteroatoms. The Bertz CT molecular complexity index is 196. The van der Waals surface area contributed by atoms with E-state index in [9.17, 15) is 0 Å². The van der Waals surface area contributed by atoms with Crippen LogP contribution in [0.1, 0.15) is 33.1 Å². The van der Waals surface area contributed by atoms with Crippen LogP contribution in [0.5, 0.6) is 0 Å². The molecule has 1 aliphatic heterocycles. The number of nitrogens with zero attached hydrogens (tertiary/aromatic N) is 1. The Kier molecular flexibility index (Phi) is 5.66. The van der Waals surface area contributed by atoms with Crippen LogP contribution in [0, 0.1) is 11.8 Å². The van der Waals surface area contributed by atoms with Crippen molar-refractivity contribution in [2.45, 2.75) is 39.2 Å². The smallest absolute Gasteiger partial charge is 0.0214 e. The van der Waals surface area contributed by atoms with Gasteiger partial charge in [-0.15, -0.1) is 11.8 Å². The lowest BCUT2D eigenvalue weighted by molar-refractivity contribution is 0.252. The lowest BCUT2D eigenvalue weighted by atomic mass is 10.3. The molecule has 1 saturated heterocycles. The van der Waals surface area contributed by atoms with Gasteiger partial charge in [-0.25, -0.2) is 0 Å². The van der Waals surface area contributed by atoms with Gasteiger partial charge < -0.3 is 5.32 Å². The van der Waals surface area contributed by atoms with Gasteiger partial charge >= 0.3 is 0 Å². The zero-order chi connectivity index (χ0) is 10.2. The molecule has 0 aromatic heterocycles. The zero-order valence-electron chi connectivity index (χ0n) is 9.47. The summed E-state index contributed by atoms with van der Waals surface area (Å²) in [4.78, 5) is 2.57. The fourth-order valence-corrected chi connectivity index (χ4v) is 1.90. The van der Waals surface area contributed by atoms with Crippen LogP contribution in [0.3, 0.4) is 0 Å². The van der Waals surface area contributed by atoms with Gasteiger partial charge in [0.05, 0.1) is 0 Å². The molecule has 0 bridgehead atoms. The van der Waals surface area contributed by atoms with Crippen LogP contribution in [0.2, 0.25) is 0 Å². The summed E-state index contributed by atoms with van der Waals surface area (Å²) < 4.78 is 0. The van der Waals surface area contributed by atoms with E-state index in [1.807, 2.05) is 6.92 Å². The van der Waals surface area contributed by atoms with E-state index in [-0.39, 0.29) is 0 Å². The largest absolute Gasteiger partial charge is 0.314 e. The molecule has 0 saturated carbocycles. The molecule has 1 N–H and O–H groups in total. The molecule has 0 radical (unpaired) electrons.